The normalized spacial score (nSPS) is 34.6. The van der Waals surface area contributed by atoms with Crippen molar-refractivity contribution in [2.45, 2.75) is 101 Å². The van der Waals surface area contributed by atoms with Crippen molar-refractivity contribution in [1.29, 1.82) is 0 Å². The number of H-pyrrole nitrogens is 1. The number of carbonyl (C=O) groups is 2. The van der Waals surface area contributed by atoms with Gasteiger partial charge in [0, 0.05) is 84.7 Å². The summed E-state index contributed by atoms with van der Waals surface area (Å²) in [6.07, 6.45) is 8.89. The lowest BCUT2D eigenvalue weighted by atomic mass is 9.47. The average molecular weight is 779 g/mol. The number of nitrogens with one attached hydrogen (secondary N) is 1. The molecule has 1 spiro atoms. The Kier molecular flexibility index (Phi) is 9.68. The minimum absolute atomic E-state index is 0.166. The number of hydrogen-bond donors (Lipinski definition) is 3. The fourth-order valence-electron chi connectivity index (χ4n) is 12.8. The minimum atomic E-state index is -2.20. The van der Waals surface area contributed by atoms with E-state index in [2.05, 4.69) is 90.2 Å². The molecular formula is C45H54N4O8. The van der Waals surface area contributed by atoms with E-state index in [1.54, 1.807) is 0 Å². The van der Waals surface area contributed by atoms with Crippen LogP contribution in [-0.2, 0) is 52.6 Å². The summed E-state index contributed by atoms with van der Waals surface area (Å²) in [5, 5.41) is 25.8. The Bertz CT molecular complexity index is 2220. The molecule has 2 bridgehead atoms. The highest BCUT2D eigenvalue weighted by Gasteiger charge is 2.80. The molecule has 2 aromatic carbocycles. The van der Waals surface area contributed by atoms with Crippen LogP contribution in [0, 0.1) is 11.3 Å². The van der Waals surface area contributed by atoms with Crippen LogP contribution in [0.4, 0.5) is 5.69 Å². The van der Waals surface area contributed by atoms with E-state index in [4.69, 9.17) is 19.1 Å². The average Bonchev–Trinajstić information content (AvgIpc) is 3.85. The van der Waals surface area contributed by atoms with Gasteiger partial charge in [-0.2, -0.15) is 9.59 Å². The molecule has 9 rings (SSSR count). The van der Waals surface area contributed by atoms with Crippen molar-refractivity contribution >= 4 is 34.7 Å². The predicted molar refractivity (Wildman–Crippen MR) is 212 cm³/mol. The lowest BCUT2D eigenvalue weighted by molar-refractivity contribution is -0.228. The number of rotatable bonds is 6. The van der Waals surface area contributed by atoms with Gasteiger partial charge in [-0.05, 0) is 79.5 Å². The number of hydrogen-bond acceptors (Lipinski definition) is 11. The van der Waals surface area contributed by atoms with Gasteiger partial charge in [0.05, 0.1) is 19.8 Å². The van der Waals surface area contributed by atoms with Crippen LogP contribution in [0.25, 0.3) is 10.9 Å². The van der Waals surface area contributed by atoms with E-state index in [1.807, 2.05) is 11.9 Å². The second kappa shape index (κ2) is 14.1. The number of carbonyl (C=O) groups excluding carboxylic acids is 4. The molecule has 6 aliphatic rings. The SMILES string of the molecule is CCC1=CC2CN(C1)Cc1c([nH]c3ccccc13)[C@@](C)(c1cc3c(cc1CO)N(C)C1[C@]34CCN3CC=C[C@@](CC)([C@@H](OC(C)=O)[C@]1(O)C(=O)OC)[C@H]34)C2.O=C=O. The zero-order valence-electron chi connectivity index (χ0n) is 33.8. The fourth-order valence-corrected chi connectivity index (χ4v) is 12.8. The highest BCUT2D eigenvalue weighted by molar-refractivity contribution is 5.88. The van der Waals surface area contributed by atoms with Crippen LogP contribution in [0.5, 0.6) is 0 Å². The van der Waals surface area contributed by atoms with E-state index in [0.717, 1.165) is 73.5 Å². The summed E-state index contributed by atoms with van der Waals surface area (Å²) in [5.74, 6) is -1.05. The van der Waals surface area contributed by atoms with Crippen LogP contribution in [0.1, 0.15) is 81.3 Å². The molecule has 1 aliphatic carbocycles. The quantitative estimate of drug-likeness (QED) is 0.240. The van der Waals surface area contributed by atoms with E-state index in [9.17, 15) is 19.8 Å². The summed E-state index contributed by atoms with van der Waals surface area (Å²) < 4.78 is 11.6. The number of methoxy groups -OCH3 is 1. The molecule has 0 amide bonds. The molecule has 57 heavy (non-hydrogen) atoms. The smallest absolute Gasteiger partial charge is 0.373 e. The summed E-state index contributed by atoms with van der Waals surface area (Å²) in [7, 11) is 3.22. The minimum Gasteiger partial charge on any atom is -0.467 e. The van der Waals surface area contributed by atoms with Crippen molar-refractivity contribution in [2.75, 3.05) is 45.2 Å². The van der Waals surface area contributed by atoms with Gasteiger partial charge in [-0.25, -0.2) is 4.79 Å². The molecule has 12 nitrogen and oxygen atoms in total. The summed E-state index contributed by atoms with van der Waals surface area (Å²) in [6, 6.07) is 12.1. The van der Waals surface area contributed by atoms with Crippen molar-refractivity contribution in [1.82, 2.24) is 14.8 Å². The number of nitrogens with zero attached hydrogens (tertiary/aromatic N) is 3. The number of esters is 2. The lowest BCUT2D eigenvalue weighted by Crippen LogP contribution is -2.81. The molecule has 1 saturated carbocycles. The Labute approximate surface area is 333 Å². The summed E-state index contributed by atoms with van der Waals surface area (Å²) in [4.78, 5) is 54.4. The number of benzene rings is 2. The molecular weight excluding hydrogens is 725 g/mol. The number of para-hydroxylation sites is 1. The van der Waals surface area contributed by atoms with Crippen LogP contribution in [0.2, 0.25) is 0 Å². The van der Waals surface area contributed by atoms with Crippen molar-refractivity contribution in [3.63, 3.8) is 0 Å². The third-order valence-corrected chi connectivity index (χ3v) is 14.7. The van der Waals surface area contributed by atoms with E-state index >= 15 is 0 Å². The Hall–Kier alpha value is -4.58. The maximum absolute atomic E-state index is 14.3. The van der Waals surface area contributed by atoms with Gasteiger partial charge < -0.3 is 29.6 Å². The highest BCUT2D eigenvalue weighted by atomic mass is 16.6. The van der Waals surface area contributed by atoms with Crippen molar-refractivity contribution < 1.29 is 38.9 Å². The summed E-state index contributed by atoms with van der Waals surface area (Å²) in [5.41, 5.74) is 4.60. The van der Waals surface area contributed by atoms with E-state index < -0.39 is 45.9 Å². The van der Waals surface area contributed by atoms with Crippen LogP contribution in [0.3, 0.4) is 0 Å². The molecule has 3 aromatic rings. The number of aliphatic hydroxyl groups excluding tert-OH is 1. The number of anilines is 1. The van der Waals surface area contributed by atoms with Crippen LogP contribution in [-0.4, -0.2) is 107 Å². The molecule has 9 atom stereocenters. The van der Waals surface area contributed by atoms with E-state index in [0.29, 0.717) is 18.8 Å². The standard InChI is InChI=1S/C44H54N4O6.CO2/c1-7-27-18-28-21-41(4,36-31(24-47(22-27)23-28)30-12-9-10-13-34(30)45-36)32-20-33-35(19-29(32)25-49)46(5)38-43(33)15-17-48-16-11-14-42(8-2,37(43)48)39(54-26(3)50)44(38,52)40(51)53-6;2-1-3/h9-14,18-20,28,37-39,45,49,52H,7-8,15-17,21-25H2,1-6H3;/t28?,37-,38?,39+,41+,42+,43+,44-;/m0./s1. The van der Waals surface area contributed by atoms with Gasteiger partial charge in [0.25, 0.3) is 0 Å². The second-order valence-electron chi connectivity index (χ2n) is 17.3. The zero-order chi connectivity index (χ0) is 40.7. The van der Waals surface area contributed by atoms with Crippen molar-refractivity contribution in [3.8, 4) is 0 Å². The maximum atomic E-state index is 14.3. The third-order valence-electron chi connectivity index (χ3n) is 14.7. The van der Waals surface area contributed by atoms with Gasteiger partial charge in [-0.1, -0.05) is 61.9 Å². The Balaban J connectivity index is 0.00000147. The molecule has 3 N–H and O–H groups in total. The number of ether oxygens (including phenoxy) is 2. The number of fused-ring (bicyclic) bond motifs is 6. The van der Waals surface area contributed by atoms with Gasteiger partial charge >= 0.3 is 18.1 Å². The molecule has 12 heteroatoms. The number of likely N-dealkylation sites (N-methyl/N-ethyl adjacent to an activating group) is 1. The third kappa shape index (κ3) is 5.34. The molecule has 5 aliphatic heterocycles. The van der Waals surface area contributed by atoms with E-state index in [-0.39, 0.29) is 18.8 Å². The summed E-state index contributed by atoms with van der Waals surface area (Å²) in [6.45, 7) is 12.1. The number of aromatic nitrogens is 1. The first kappa shape index (κ1) is 39.3. The second-order valence-corrected chi connectivity index (χ2v) is 17.3. The maximum Gasteiger partial charge on any atom is 0.373 e. The summed E-state index contributed by atoms with van der Waals surface area (Å²) >= 11 is 0. The molecule has 0 radical (unpaired) electrons. The van der Waals surface area contributed by atoms with Crippen molar-refractivity contribution in [3.05, 3.63) is 88.1 Å². The first-order valence-electron chi connectivity index (χ1n) is 20.2. The first-order chi connectivity index (χ1) is 27.3. The fraction of sp³-hybridized carbons (Fsp3) is 0.533. The Morgan fingerprint density at radius 1 is 1.09 bits per heavy atom. The monoisotopic (exact) mass is 778 g/mol. The van der Waals surface area contributed by atoms with Crippen LogP contribution < -0.4 is 4.90 Å². The highest BCUT2D eigenvalue weighted by Crippen LogP contribution is 2.68. The number of aromatic amines is 1. The lowest BCUT2D eigenvalue weighted by Gasteiger charge is -2.63. The van der Waals surface area contributed by atoms with Gasteiger partial charge in [0.15, 0.2) is 6.10 Å². The van der Waals surface area contributed by atoms with Crippen LogP contribution >= 0.6 is 0 Å². The van der Waals surface area contributed by atoms with Gasteiger partial charge in [0.2, 0.25) is 5.60 Å². The van der Waals surface area contributed by atoms with E-state index in [1.165, 1.54) is 36.3 Å². The van der Waals surface area contributed by atoms with Gasteiger partial charge in [-0.15, -0.1) is 0 Å². The number of aliphatic hydroxyl groups is 2. The van der Waals surface area contributed by atoms with Gasteiger partial charge in [0.1, 0.15) is 0 Å². The zero-order valence-corrected chi connectivity index (χ0v) is 33.8. The first-order valence-corrected chi connectivity index (χ1v) is 20.2. The topological polar surface area (TPSA) is 153 Å². The Morgan fingerprint density at radius 3 is 2.53 bits per heavy atom. The van der Waals surface area contributed by atoms with Gasteiger partial charge in [-0.3, -0.25) is 14.6 Å². The largest absolute Gasteiger partial charge is 0.467 e. The molecule has 1 aromatic heterocycles. The molecule has 302 valence electrons. The molecule has 2 fully saturated rings. The van der Waals surface area contributed by atoms with Crippen molar-refractivity contribution in [2.24, 2.45) is 11.3 Å². The predicted octanol–water partition coefficient (Wildman–Crippen LogP) is 4.50. The molecule has 6 heterocycles. The Morgan fingerprint density at radius 2 is 1.84 bits per heavy atom. The van der Waals surface area contributed by atoms with Crippen LogP contribution in [0.15, 0.2) is 60.2 Å². The molecule has 3 unspecified atom stereocenters. The molecule has 1 saturated heterocycles.